The SMILES string of the molecule is CCCCCOc1ccc(/C(O)=C2/C(=O)C(=O)N(c3ccc(N4CCN(C)CC4)cc3)C2c2cccs2)cc1. The van der Waals surface area contributed by atoms with E-state index >= 15 is 0 Å². The first-order valence-corrected chi connectivity index (χ1v) is 14.5. The molecule has 0 radical (unpaired) electrons. The third-order valence-corrected chi connectivity index (χ3v) is 8.32. The summed E-state index contributed by atoms with van der Waals surface area (Å²) in [5.74, 6) is -0.800. The Hall–Kier alpha value is -3.62. The fourth-order valence-corrected chi connectivity index (χ4v) is 5.93. The molecule has 0 aliphatic carbocycles. The fraction of sp³-hybridized carbons (Fsp3) is 0.355. The average Bonchev–Trinajstić information content (AvgIpc) is 3.58. The van der Waals surface area contributed by atoms with Crippen LogP contribution in [-0.4, -0.2) is 61.5 Å². The Kier molecular flexibility index (Phi) is 8.33. The lowest BCUT2D eigenvalue weighted by Crippen LogP contribution is -2.44. The van der Waals surface area contributed by atoms with Crippen LogP contribution >= 0.6 is 11.3 Å². The van der Waals surface area contributed by atoms with E-state index in [1.807, 2.05) is 41.8 Å². The van der Waals surface area contributed by atoms with Gasteiger partial charge in [0.2, 0.25) is 0 Å². The molecule has 3 aromatic rings. The number of thiophene rings is 1. The van der Waals surface area contributed by atoms with Gasteiger partial charge in [-0.2, -0.15) is 0 Å². The molecule has 0 spiro atoms. The number of Topliss-reactive ketones (excluding diaryl/α,β-unsaturated/α-hetero) is 1. The number of benzene rings is 2. The van der Waals surface area contributed by atoms with Crippen molar-refractivity contribution in [1.29, 1.82) is 0 Å². The van der Waals surface area contributed by atoms with Crippen molar-refractivity contribution < 1.29 is 19.4 Å². The number of anilines is 2. The summed E-state index contributed by atoms with van der Waals surface area (Å²) in [6.45, 7) is 6.67. The van der Waals surface area contributed by atoms with Crippen molar-refractivity contribution in [3.63, 3.8) is 0 Å². The van der Waals surface area contributed by atoms with Crippen LogP contribution in [0.1, 0.15) is 42.7 Å². The third-order valence-electron chi connectivity index (χ3n) is 7.40. The highest BCUT2D eigenvalue weighted by atomic mass is 32.1. The van der Waals surface area contributed by atoms with E-state index in [2.05, 4.69) is 23.8 Å². The summed E-state index contributed by atoms with van der Waals surface area (Å²) in [5, 5.41) is 13.3. The summed E-state index contributed by atoms with van der Waals surface area (Å²) < 4.78 is 5.79. The van der Waals surface area contributed by atoms with Crippen LogP contribution in [0.3, 0.4) is 0 Å². The van der Waals surface area contributed by atoms with Gasteiger partial charge in [0.05, 0.1) is 12.2 Å². The van der Waals surface area contributed by atoms with Crippen molar-refractivity contribution in [2.75, 3.05) is 49.6 Å². The van der Waals surface area contributed by atoms with E-state index in [4.69, 9.17) is 4.74 Å². The second-order valence-electron chi connectivity index (χ2n) is 10.1. The van der Waals surface area contributed by atoms with Gasteiger partial charge in [-0.1, -0.05) is 25.8 Å². The van der Waals surface area contributed by atoms with Crippen molar-refractivity contribution in [3.05, 3.63) is 82.1 Å². The molecule has 39 heavy (non-hydrogen) atoms. The highest BCUT2D eigenvalue weighted by molar-refractivity contribution is 7.10. The van der Waals surface area contributed by atoms with Crippen LogP contribution in [0.25, 0.3) is 5.76 Å². The van der Waals surface area contributed by atoms with E-state index in [9.17, 15) is 14.7 Å². The summed E-state index contributed by atoms with van der Waals surface area (Å²) in [5.41, 5.74) is 2.29. The Morgan fingerprint density at radius 1 is 0.949 bits per heavy atom. The van der Waals surface area contributed by atoms with E-state index < -0.39 is 17.7 Å². The fourth-order valence-electron chi connectivity index (χ4n) is 5.11. The number of rotatable bonds is 9. The van der Waals surface area contributed by atoms with E-state index in [0.717, 1.165) is 56.0 Å². The van der Waals surface area contributed by atoms with Crippen LogP contribution in [0.2, 0.25) is 0 Å². The van der Waals surface area contributed by atoms with Crippen LogP contribution < -0.4 is 14.5 Å². The van der Waals surface area contributed by atoms with Crippen molar-refractivity contribution in [3.8, 4) is 5.75 Å². The number of hydrogen-bond donors (Lipinski definition) is 1. The molecule has 8 heteroatoms. The Bertz CT molecular complexity index is 1310. The van der Waals surface area contributed by atoms with Gasteiger partial charge in [0.15, 0.2) is 0 Å². The first kappa shape index (κ1) is 27.0. The normalized spacial score (nSPS) is 19.6. The Morgan fingerprint density at radius 3 is 2.28 bits per heavy atom. The van der Waals surface area contributed by atoms with Crippen LogP contribution in [0.15, 0.2) is 71.6 Å². The van der Waals surface area contributed by atoms with Gasteiger partial charge in [0.1, 0.15) is 17.6 Å². The van der Waals surface area contributed by atoms with Crippen LogP contribution in [-0.2, 0) is 9.59 Å². The quantitative estimate of drug-likeness (QED) is 0.161. The Morgan fingerprint density at radius 2 is 1.64 bits per heavy atom. The molecule has 0 bridgehead atoms. The lowest BCUT2D eigenvalue weighted by molar-refractivity contribution is -0.132. The summed E-state index contributed by atoms with van der Waals surface area (Å²) >= 11 is 1.46. The highest BCUT2D eigenvalue weighted by Gasteiger charge is 2.47. The van der Waals surface area contributed by atoms with Crippen molar-refractivity contribution in [2.45, 2.75) is 32.2 Å². The average molecular weight is 546 g/mol. The van der Waals surface area contributed by atoms with Crippen molar-refractivity contribution >= 4 is 40.2 Å². The Labute approximate surface area is 233 Å². The number of aliphatic hydroxyl groups excluding tert-OH is 1. The van der Waals surface area contributed by atoms with Crippen LogP contribution in [0, 0.1) is 0 Å². The smallest absolute Gasteiger partial charge is 0.300 e. The maximum Gasteiger partial charge on any atom is 0.300 e. The number of piperazine rings is 1. The van der Waals surface area contributed by atoms with Gasteiger partial charge >= 0.3 is 0 Å². The lowest BCUT2D eigenvalue weighted by atomic mass is 9.99. The van der Waals surface area contributed by atoms with Gasteiger partial charge in [-0.05, 0) is 73.4 Å². The first-order chi connectivity index (χ1) is 19.0. The number of aliphatic hydroxyl groups is 1. The zero-order valence-electron chi connectivity index (χ0n) is 22.5. The molecule has 5 rings (SSSR count). The zero-order chi connectivity index (χ0) is 27.4. The first-order valence-electron chi connectivity index (χ1n) is 13.6. The number of unbranched alkanes of at least 4 members (excludes halogenated alkanes) is 2. The Balaban J connectivity index is 1.44. The number of amides is 1. The van der Waals surface area contributed by atoms with E-state index in [1.165, 1.54) is 16.2 Å². The van der Waals surface area contributed by atoms with Gasteiger partial charge in [-0.25, -0.2) is 0 Å². The largest absolute Gasteiger partial charge is 0.507 e. The second-order valence-corrected chi connectivity index (χ2v) is 11.1. The molecule has 7 nitrogen and oxygen atoms in total. The molecule has 1 atom stereocenters. The van der Waals surface area contributed by atoms with E-state index in [-0.39, 0.29) is 11.3 Å². The van der Waals surface area contributed by atoms with Gasteiger partial charge in [0.25, 0.3) is 11.7 Å². The summed E-state index contributed by atoms with van der Waals surface area (Å²) in [7, 11) is 2.12. The van der Waals surface area contributed by atoms with Crippen molar-refractivity contribution in [2.24, 2.45) is 0 Å². The number of hydrogen-bond acceptors (Lipinski definition) is 7. The van der Waals surface area contributed by atoms with Crippen molar-refractivity contribution in [1.82, 2.24) is 4.90 Å². The number of nitrogens with zero attached hydrogens (tertiary/aromatic N) is 3. The minimum Gasteiger partial charge on any atom is -0.507 e. The molecule has 2 aromatic carbocycles. The molecular formula is C31H35N3O4S. The van der Waals surface area contributed by atoms with Gasteiger partial charge in [0, 0.05) is 48.0 Å². The topological polar surface area (TPSA) is 73.3 Å². The number of ether oxygens (including phenoxy) is 1. The number of carbonyl (C=O) groups excluding carboxylic acids is 2. The molecule has 2 saturated heterocycles. The summed E-state index contributed by atoms with van der Waals surface area (Å²) in [6.07, 6.45) is 3.22. The molecule has 204 valence electrons. The molecule has 3 heterocycles. The standard InChI is InChI=1S/C31H35N3O4S/c1-3-4-5-20-38-25-14-8-22(9-15-25)29(35)27-28(26-7-6-21-39-26)34(31(37)30(27)36)24-12-10-23(11-13-24)33-18-16-32(2)17-19-33/h6-15,21,28,35H,3-5,16-20H2,1-2H3/b29-27-. The summed E-state index contributed by atoms with van der Waals surface area (Å²) in [6, 6.07) is 17.9. The number of carbonyl (C=O) groups is 2. The van der Waals surface area contributed by atoms with E-state index in [1.54, 1.807) is 24.3 Å². The molecule has 1 amide bonds. The van der Waals surface area contributed by atoms with Crippen LogP contribution in [0.4, 0.5) is 11.4 Å². The number of ketones is 1. The maximum absolute atomic E-state index is 13.4. The number of likely N-dealkylation sites (N-methyl/N-ethyl adjacent to an activating group) is 1. The minimum absolute atomic E-state index is 0.0993. The molecule has 2 aliphatic rings. The molecule has 2 aliphatic heterocycles. The molecule has 1 unspecified atom stereocenters. The van der Waals surface area contributed by atoms with Gasteiger partial charge < -0.3 is 19.6 Å². The zero-order valence-corrected chi connectivity index (χ0v) is 23.3. The molecule has 0 saturated carbocycles. The summed E-state index contributed by atoms with van der Waals surface area (Å²) in [4.78, 5) is 33.7. The monoisotopic (exact) mass is 545 g/mol. The minimum atomic E-state index is -0.704. The maximum atomic E-state index is 13.4. The molecule has 2 fully saturated rings. The predicted octanol–water partition coefficient (Wildman–Crippen LogP) is 5.70. The predicted molar refractivity (Wildman–Crippen MR) is 157 cm³/mol. The van der Waals surface area contributed by atoms with Crippen LogP contribution in [0.5, 0.6) is 5.75 Å². The highest BCUT2D eigenvalue weighted by Crippen LogP contribution is 2.44. The molecular weight excluding hydrogens is 510 g/mol. The van der Waals surface area contributed by atoms with E-state index in [0.29, 0.717) is 23.6 Å². The van der Waals surface area contributed by atoms with Gasteiger partial charge in [-0.15, -0.1) is 11.3 Å². The van der Waals surface area contributed by atoms with Gasteiger partial charge in [-0.3, -0.25) is 14.5 Å². The molecule has 1 aromatic heterocycles. The second kappa shape index (κ2) is 12.1. The molecule has 1 N–H and O–H groups in total. The third kappa shape index (κ3) is 5.72. The lowest BCUT2D eigenvalue weighted by Gasteiger charge is -2.34.